The van der Waals surface area contributed by atoms with Crippen molar-refractivity contribution in [3.63, 3.8) is 0 Å². The van der Waals surface area contributed by atoms with Crippen molar-refractivity contribution < 1.29 is 9.72 Å². The van der Waals surface area contributed by atoms with Gasteiger partial charge < -0.3 is 14.8 Å². The van der Waals surface area contributed by atoms with Crippen LogP contribution >= 0.6 is 0 Å². The minimum absolute atomic E-state index is 0.00925. The van der Waals surface area contributed by atoms with Crippen LogP contribution in [0.3, 0.4) is 0 Å². The molecule has 0 radical (unpaired) electrons. The van der Waals surface area contributed by atoms with E-state index >= 15 is 0 Å². The maximum absolute atomic E-state index is 13.0. The van der Waals surface area contributed by atoms with Crippen LogP contribution in [0.2, 0.25) is 0 Å². The van der Waals surface area contributed by atoms with E-state index in [-0.39, 0.29) is 17.6 Å². The number of nitro benzene ring substituents is 1. The molecular weight excluding hydrogens is 310 g/mol. The largest absolute Gasteiger partial charge is 0.336 e. The van der Waals surface area contributed by atoms with Gasteiger partial charge in [0.2, 0.25) is 0 Å². The number of nitrogens with zero attached hydrogens (tertiary/aromatic N) is 4. The molecule has 1 aromatic heterocycles. The average Bonchev–Trinajstić information content (AvgIpc) is 3.00. The zero-order valence-electron chi connectivity index (χ0n) is 13.6. The molecule has 3 rings (SSSR count). The van der Waals surface area contributed by atoms with E-state index in [2.05, 4.69) is 10.3 Å². The number of piperazine rings is 1. The molecule has 1 aliphatic heterocycles. The van der Waals surface area contributed by atoms with Gasteiger partial charge in [0.25, 0.3) is 11.6 Å². The van der Waals surface area contributed by atoms with Crippen molar-refractivity contribution in [2.45, 2.75) is 13.0 Å². The summed E-state index contributed by atoms with van der Waals surface area (Å²) in [6.45, 7) is 3.62. The third-order valence-corrected chi connectivity index (χ3v) is 4.31. The summed E-state index contributed by atoms with van der Waals surface area (Å²) in [6, 6.07) is 4.18. The summed E-state index contributed by atoms with van der Waals surface area (Å²) >= 11 is 0. The van der Waals surface area contributed by atoms with Gasteiger partial charge in [0.05, 0.1) is 4.92 Å². The SMILES string of the molecule is Cc1cc([N+](=O)[O-])ccc1C(=O)N1CCNCC1c1nccn1C. The van der Waals surface area contributed by atoms with Crippen molar-refractivity contribution in [3.05, 3.63) is 57.7 Å². The lowest BCUT2D eigenvalue weighted by atomic mass is 10.0. The topological polar surface area (TPSA) is 93.3 Å². The number of carbonyl (C=O) groups excluding carboxylic acids is 1. The highest BCUT2D eigenvalue weighted by molar-refractivity contribution is 5.96. The summed E-state index contributed by atoms with van der Waals surface area (Å²) in [5.41, 5.74) is 1.08. The zero-order chi connectivity index (χ0) is 17.3. The second kappa shape index (κ2) is 6.40. The first-order valence-electron chi connectivity index (χ1n) is 7.73. The highest BCUT2D eigenvalue weighted by Crippen LogP contribution is 2.25. The van der Waals surface area contributed by atoms with E-state index in [4.69, 9.17) is 0 Å². The fourth-order valence-electron chi connectivity index (χ4n) is 3.03. The minimum atomic E-state index is -0.456. The smallest absolute Gasteiger partial charge is 0.269 e. The lowest BCUT2D eigenvalue weighted by Gasteiger charge is -2.36. The Kier molecular flexibility index (Phi) is 4.30. The van der Waals surface area contributed by atoms with Crippen LogP contribution in [0.5, 0.6) is 0 Å². The molecule has 24 heavy (non-hydrogen) atoms. The maximum Gasteiger partial charge on any atom is 0.269 e. The van der Waals surface area contributed by atoms with Crippen molar-refractivity contribution in [2.75, 3.05) is 19.6 Å². The van der Waals surface area contributed by atoms with Crippen molar-refractivity contribution >= 4 is 11.6 Å². The second-order valence-corrected chi connectivity index (χ2v) is 5.87. The summed E-state index contributed by atoms with van der Waals surface area (Å²) in [6.07, 6.45) is 3.56. The zero-order valence-corrected chi connectivity index (χ0v) is 13.6. The molecule has 1 aromatic carbocycles. The Morgan fingerprint density at radius 3 is 2.88 bits per heavy atom. The molecule has 1 atom stereocenters. The molecular formula is C16H19N5O3. The third-order valence-electron chi connectivity index (χ3n) is 4.31. The van der Waals surface area contributed by atoms with Gasteiger partial charge in [-0.25, -0.2) is 4.98 Å². The van der Waals surface area contributed by atoms with Crippen molar-refractivity contribution in [3.8, 4) is 0 Å². The van der Waals surface area contributed by atoms with Gasteiger partial charge >= 0.3 is 0 Å². The molecule has 8 nitrogen and oxygen atoms in total. The van der Waals surface area contributed by atoms with Crippen LogP contribution < -0.4 is 5.32 Å². The van der Waals surface area contributed by atoms with E-state index in [0.717, 1.165) is 5.82 Å². The van der Waals surface area contributed by atoms with Gasteiger partial charge in [-0.05, 0) is 18.6 Å². The number of hydrogen-bond donors (Lipinski definition) is 1. The highest BCUT2D eigenvalue weighted by Gasteiger charge is 2.31. The summed E-state index contributed by atoms with van der Waals surface area (Å²) in [7, 11) is 1.90. The number of imidazole rings is 1. The Labute approximate surface area is 139 Å². The van der Waals surface area contributed by atoms with Crippen LogP contribution in [0.15, 0.2) is 30.6 Å². The van der Waals surface area contributed by atoms with Gasteiger partial charge in [-0.1, -0.05) is 0 Å². The number of non-ortho nitro benzene ring substituents is 1. The predicted octanol–water partition coefficient (Wildman–Crippen LogP) is 1.42. The highest BCUT2D eigenvalue weighted by atomic mass is 16.6. The van der Waals surface area contributed by atoms with E-state index in [1.54, 1.807) is 18.0 Å². The van der Waals surface area contributed by atoms with Gasteiger partial charge in [0, 0.05) is 56.8 Å². The van der Waals surface area contributed by atoms with E-state index in [1.807, 2.05) is 17.8 Å². The number of nitro groups is 1. The molecule has 126 valence electrons. The van der Waals surface area contributed by atoms with Gasteiger partial charge in [-0.3, -0.25) is 14.9 Å². The number of amides is 1. The maximum atomic E-state index is 13.0. The summed E-state index contributed by atoms with van der Waals surface area (Å²) < 4.78 is 1.90. The molecule has 1 amide bonds. The number of aromatic nitrogens is 2. The number of aryl methyl sites for hydroxylation is 2. The Hall–Kier alpha value is -2.74. The Morgan fingerprint density at radius 2 is 2.25 bits per heavy atom. The van der Waals surface area contributed by atoms with Gasteiger partial charge in [0.15, 0.2) is 0 Å². The average molecular weight is 329 g/mol. The molecule has 0 spiro atoms. The molecule has 0 saturated carbocycles. The number of carbonyl (C=O) groups is 1. The molecule has 1 aliphatic rings. The summed E-state index contributed by atoms with van der Waals surface area (Å²) in [4.78, 5) is 29.6. The number of nitrogens with one attached hydrogen (secondary N) is 1. The van der Waals surface area contributed by atoms with Crippen LogP contribution in [-0.2, 0) is 7.05 Å². The fraction of sp³-hybridized carbons (Fsp3) is 0.375. The lowest BCUT2D eigenvalue weighted by molar-refractivity contribution is -0.384. The number of hydrogen-bond acceptors (Lipinski definition) is 5. The fourth-order valence-corrected chi connectivity index (χ4v) is 3.03. The number of rotatable bonds is 3. The van der Waals surface area contributed by atoms with Gasteiger partial charge in [-0.2, -0.15) is 0 Å². The Bertz CT molecular complexity index is 786. The molecule has 2 heterocycles. The van der Waals surface area contributed by atoms with E-state index in [9.17, 15) is 14.9 Å². The lowest BCUT2D eigenvalue weighted by Crippen LogP contribution is -2.49. The van der Waals surface area contributed by atoms with E-state index in [1.165, 1.54) is 18.2 Å². The van der Waals surface area contributed by atoms with Crippen molar-refractivity contribution in [1.82, 2.24) is 19.8 Å². The van der Waals surface area contributed by atoms with E-state index < -0.39 is 4.92 Å². The summed E-state index contributed by atoms with van der Waals surface area (Å²) in [5, 5.41) is 14.2. The quantitative estimate of drug-likeness (QED) is 0.679. The van der Waals surface area contributed by atoms with Gasteiger partial charge in [0.1, 0.15) is 11.9 Å². The standard InChI is InChI=1S/C16H19N5O3/c1-11-9-12(21(23)24)3-4-13(11)16(22)20-8-5-17-10-14(20)15-18-6-7-19(15)2/h3-4,6-7,9,14,17H,5,8,10H2,1-2H3. The summed E-state index contributed by atoms with van der Waals surface area (Å²) in [5.74, 6) is 0.687. The van der Waals surface area contributed by atoms with Crippen LogP contribution in [0.1, 0.15) is 27.8 Å². The monoisotopic (exact) mass is 329 g/mol. The van der Waals surface area contributed by atoms with E-state index in [0.29, 0.717) is 30.8 Å². The molecule has 1 unspecified atom stereocenters. The Morgan fingerprint density at radius 1 is 1.46 bits per heavy atom. The molecule has 8 heteroatoms. The second-order valence-electron chi connectivity index (χ2n) is 5.87. The normalized spacial score (nSPS) is 17.8. The molecule has 2 aromatic rings. The molecule has 1 saturated heterocycles. The first-order valence-corrected chi connectivity index (χ1v) is 7.73. The molecule has 1 N–H and O–H groups in total. The van der Waals surface area contributed by atoms with Crippen LogP contribution in [0.4, 0.5) is 5.69 Å². The van der Waals surface area contributed by atoms with Crippen molar-refractivity contribution in [1.29, 1.82) is 0 Å². The van der Waals surface area contributed by atoms with Crippen LogP contribution in [0.25, 0.3) is 0 Å². The minimum Gasteiger partial charge on any atom is -0.336 e. The number of benzene rings is 1. The first-order chi connectivity index (χ1) is 11.5. The van der Waals surface area contributed by atoms with Gasteiger partial charge in [-0.15, -0.1) is 0 Å². The molecule has 1 fully saturated rings. The van der Waals surface area contributed by atoms with Crippen molar-refractivity contribution in [2.24, 2.45) is 7.05 Å². The molecule has 0 bridgehead atoms. The van der Waals surface area contributed by atoms with Crippen LogP contribution in [0, 0.1) is 17.0 Å². The van der Waals surface area contributed by atoms with Crippen LogP contribution in [-0.4, -0.2) is 44.9 Å². The first kappa shape index (κ1) is 16.1. The Balaban J connectivity index is 1.92. The molecule has 0 aliphatic carbocycles. The predicted molar refractivity (Wildman–Crippen MR) is 87.7 cm³/mol. The third kappa shape index (κ3) is 2.88.